The lowest BCUT2D eigenvalue weighted by molar-refractivity contribution is 0.0750. The van der Waals surface area contributed by atoms with Gasteiger partial charge in [0.15, 0.2) is 0 Å². The topological polar surface area (TPSA) is 42.4 Å². The molecule has 0 spiro atoms. The molecule has 3 aromatic rings. The average Bonchev–Trinajstić information content (AvgIpc) is 3.14. The first-order chi connectivity index (χ1) is 13.5. The van der Waals surface area contributed by atoms with Crippen LogP contribution in [0.2, 0.25) is 0 Å². The second-order valence-corrected chi connectivity index (χ2v) is 7.80. The van der Waals surface area contributed by atoms with Crippen LogP contribution in [0.25, 0.3) is 0 Å². The second-order valence-electron chi connectivity index (χ2n) is 6.85. The van der Waals surface area contributed by atoms with Gasteiger partial charge in [0.1, 0.15) is 17.4 Å². The van der Waals surface area contributed by atoms with Gasteiger partial charge in [0.2, 0.25) is 0 Å². The average molecular weight is 395 g/mol. The highest BCUT2D eigenvalue weighted by molar-refractivity contribution is 7.09. The van der Waals surface area contributed by atoms with E-state index in [0.29, 0.717) is 19.7 Å². The van der Waals surface area contributed by atoms with Crippen LogP contribution in [0, 0.1) is 20.8 Å². The molecule has 0 fully saturated rings. The van der Waals surface area contributed by atoms with E-state index in [1.807, 2.05) is 60.5 Å². The first kappa shape index (κ1) is 20.1. The van der Waals surface area contributed by atoms with E-state index >= 15 is 0 Å². The highest BCUT2D eigenvalue weighted by atomic mass is 32.1. The lowest BCUT2D eigenvalue weighted by Crippen LogP contribution is -2.31. The molecule has 4 nitrogen and oxygen atoms in total. The maximum atomic E-state index is 12.9. The summed E-state index contributed by atoms with van der Waals surface area (Å²) in [6, 6.07) is 13.8. The minimum absolute atomic E-state index is 0.0433. The van der Waals surface area contributed by atoms with Gasteiger partial charge in [0.25, 0.3) is 5.91 Å². The van der Waals surface area contributed by atoms with Crippen molar-refractivity contribution < 1.29 is 9.53 Å². The summed E-state index contributed by atoms with van der Waals surface area (Å²) in [6.45, 7) is 9.68. The number of rotatable bonds is 7. The van der Waals surface area contributed by atoms with Gasteiger partial charge in [-0.3, -0.25) is 4.79 Å². The maximum Gasteiger partial charge on any atom is 0.254 e. The van der Waals surface area contributed by atoms with Crippen molar-refractivity contribution >= 4 is 17.2 Å². The fourth-order valence-corrected chi connectivity index (χ4v) is 3.71. The van der Waals surface area contributed by atoms with E-state index in [0.717, 1.165) is 33.1 Å². The lowest BCUT2D eigenvalue weighted by atomic mass is 10.1. The minimum atomic E-state index is 0.0433. The van der Waals surface area contributed by atoms with E-state index in [1.54, 1.807) is 11.3 Å². The molecule has 0 aliphatic carbocycles. The van der Waals surface area contributed by atoms with Crippen LogP contribution in [0.3, 0.4) is 0 Å². The number of aryl methyl sites for hydroxylation is 2. The van der Waals surface area contributed by atoms with Crippen LogP contribution in [0.15, 0.2) is 47.8 Å². The fourth-order valence-electron chi connectivity index (χ4n) is 3.01. The molecule has 0 saturated carbocycles. The fraction of sp³-hybridized carbons (Fsp3) is 0.304. The van der Waals surface area contributed by atoms with Crippen molar-refractivity contribution in [2.24, 2.45) is 0 Å². The predicted molar refractivity (Wildman–Crippen MR) is 114 cm³/mol. The third kappa shape index (κ3) is 4.60. The first-order valence-electron chi connectivity index (χ1n) is 9.46. The van der Waals surface area contributed by atoms with Crippen LogP contribution >= 0.6 is 11.3 Å². The van der Waals surface area contributed by atoms with Gasteiger partial charge in [-0.15, -0.1) is 11.3 Å². The second kappa shape index (κ2) is 9.02. The van der Waals surface area contributed by atoms with Gasteiger partial charge in [0, 0.05) is 17.5 Å². The van der Waals surface area contributed by atoms with E-state index in [4.69, 9.17) is 4.74 Å². The van der Waals surface area contributed by atoms with E-state index < -0.39 is 0 Å². The molecule has 0 bridgehead atoms. The summed E-state index contributed by atoms with van der Waals surface area (Å²) < 4.78 is 5.95. The zero-order valence-electron chi connectivity index (χ0n) is 16.9. The summed E-state index contributed by atoms with van der Waals surface area (Å²) in [5.74, 6) is 0.934. The highest BCUT2D eigenvalue weighted by Crippen LogP contribution is 2.23. The molecular weight excluding hydrogens is 368 g/mol. The molecule has 0 unspecified atom stereocenters. The molecule has 1 aromatic heterocycles. The lowest BCUT2D eigenvalue weighted by Gasteiger charge is -2.20. The van der Waals surface area contributed by atoms with Crippen molar-refractivity contribution in [3.8, 4) is 5.75 Å². The Hall–Kier alpha value is -2.66. The Morgan fingerprint density at radius 2 is 1.82 bits per heavy atom. The van der Waals surface area contributed by atoms with Crippen LogP contribution in [0.1, 0.15) is 44.7 Å². The van der Waals surface area contributed by atoms with Crippen LogP contribution < -0.4 is 4.74 Å². The Morgan fingerprint density at radius 1 is 1.07 bits per heavy atom. The number of hydrogen-bond donors (Lipinski definition) is 0. The van der Waals surface area contributed by atoms with Crippen LogP contribution in [0.4, 0.5) is 0 Å². The minimum Gasteiger partial charge on any atom is -0.486 e. The van der Waals surface area contributed by atoms with Gasteiger partial charge in [-0.25, -0.2) is 4.98 Å². The zero-order chi connectivity index (χ0) is 20.1. The van der Waals surface area contributed by atoms with E-state index in [1.165, 1.54) is 5.56 Å². The molecule has 0 aliphatic heterocycles. The first-order valence-corrected chi connectivity index (χ1v) is 10.3. The normalized spacial score (nSPS) is 10.7. The summed E-state index contributed by atoms with van der Waals surface area (Å²) in [5.41, 5.74) is 5.00. The predicted octanol–water partition coefficient (Wildman–Crippen LogP) is 5.31. The van der Waals surface area contributed by atoms with Gasteiger partial charge in [0.05, 0.1) is 12.2 Å². The number of carbonyl (C=O) groups is 1. The highest BCUT2D eigenvalue weighted by Gasteiger charge is 2.17. The van der Waals surface area contributed by atoms with Gasteiger partial charge in [-0.1, -0.05) is 30.3 Å². The number of hydrogen-bond acceptors (Lipinski definition) is 4. The molecule has 1 amide bonds. The monoisotopic (exact) mass is 394 g/mol. The number of carbonyl (C=O) groups excluding carboxylic acids is 1. The zero-order valence-corrected chi connectivity index (χ0v) is 17.7. The van der Waals surface area contributed by atoms with Gasteiger partial charge in [-0.05, 0) is 56.5 Å². The van der Waals surface area contributed by atoms with E-state index in [9.17, 15) is 4.79 Å². The van der Waals surface area contributed by atoms with Crippen molar-refractivity contribution in [1.82, 2.24) is 9.88 Å². The molecule has 2 aromatic carbocycles. The standard InChI is InChI=1S/C23H26N2O2S/c1-5-25(23(26)20-11-7-6-9-17(20)3)13-19-15-28-22(24-19)14-27-21-12-8-10-16(2)18(21)4/h6-12,15H,5,13-14H2,1-4H3. The Bertz CT molecular complexity index is 965. The largest absolute Gasteiger partial charge is 0.486 e. The number of aromatic nitrogens is 1. The molecule has 0 saturated heterocycles. The smallest absolute Gasteiger partial charge is 0.254 e. The maximum absolute atomic E-state index is 12.9. The Balaban J connectivity index is 1.65. The molecule has 0 aliphatic rings. The van der Waals surface area contributed by atoms with E-state index in [2.05, 4.69) is 24.9 Å². The summed E-state index contributed by atoms with van der Waals surface area (Å²) in [6.07, 6.45) is 0. The third-order valence-corrected chi connectivity index (χ3v) is 5.77. The Kier molecular flexibility index (Phi) is 6.47. The molecule has 5 heteroatoms. The summed E-state index contributed by atoms with van der Waals surface area (Å²) in [4.78, 5) is 19.4. The van der Waals surface area contributed by atoms with Crippen LogP contribution in [-0.2, 0) is 13.2 Å². The quantitative estimate of drug-likeness (QED) is 0.545. The molecule has 0 atom stereocenters. The summed E-state index contributed by atoms with van der Waals surface area (Å²) >= 11 is 1.57. The van der Waals surface area contributed by atoms with Gasteiger partial charge in [-0.2, -0.15) is 0 Å². The third-order valence-electron chi connectivity index (χ3n) is 4.90. The van der Waals surface area contributed by atoms with Crippen molar-refractivity contribution in [3.05, 3.63) is 80.8 Å². The molecular formula is C23H26N2O2S. The Morgan fingerprint density at radius 3 is 2.57 bits per heavy atom. The van der Waals surface area contributed by atoms with Crippen molar-refractivity contribution in [1.29, 1.82) is 0 Å². The number of thiazole rings is 1. The number of amides is 1. The van der Waals surface area contributed by atoms with Crippen molar-refractivity contribution in [2.45, 2.75) is 40.8 Å². The molecule has 0 radical (unpaired) electrons. The molecule has 28 heavy (non-hydrogen) atoms. The Labute approximate surface area is 170 Å². The van der Waals surface area contributed by atoms with Crippen LogP contribution in [0.5, 0.6) is 5.75 Å². The molecule has 146 valence electrons. The number of ether oxygens (including phenoxy) is 1. The van der Waals surface area contributed by atoms with Crippen molar-refractivity contribution in [3.63, 3.8) is 0 Å². The number of nitrogens with zero attached hydrogens (tertiary/aromatic N) is 2. The van der Waals surface area contributed by atoms with Crippen LogP contribution in [-0.4, -0.2) is 22.3 Å². The number of benzene rings is 2. The molecule has 1 heterocycles. The van der Waals surface area contributed by atoms with Gasteiger partial charge >= 0.3 is 0 Å². The molecule has 0 N–H and O–H groups in total. The molecule has 3 rings (SSSR count). The SMILES string of the molecule is CCN(Cc1csc(COc2cccc(C)c2C)n1)C(=O)c1ccccc1C. The van der Waals surface area contributed by atoms with Gasteiger partial charge < -0.3 is 9.64 Å². The van der Waals surface area contributed by atoms with E-state index in [-0.39, 0.29) is 5.91 Å². The summed E-state index contributed by atoms with van der Waals surface area (Å²) in [7, 11) is 0. The van der Waals surface area contributed by atoms with Crippen molar-refractivity contribution in [2.75, 3.05) is 6.54 Å². The summed E-state index contributed by atoms with van der Waals surface area (Å²) in [5, 5.41) is 2.92.